The number of rotatable bonds is 5. The zero-order valence-corrected chi connectivity index (χ0v) is 14.3. The van der Waals surface area contributed by atoms with Crippen molar-refractivity contribution >= 4 is 23.4 Å². The third-order valence-electron chi connectivity index (χ3n) is 4.09. The molecule has 1 atom stereocenters. The summed E-state index contributed by atoms with van der Waals surface area (Å²) in [4.78, 5) is 27.7. The molecule has 2 aromatic rings. The number of hydrogen-bond acceptors (Lipinski definition) is 4. The third kappa shape index (κ3) is 3.80. The fraction of sp³-hybridized carbons (Fsp3) is 0.263. The second-order valence-electron chi connectivity index (χ2n) is 6.08. The van der Waals surface area contributed by atoms with Crippen LogP contribution in [0, 0.1) is 0 Å². The zero-order chi connectivity index (χ0) is 17.8. The van der Waals surface area contributed by atoms with Gasteiger partial charge in [0.05, 0.1) is 6.54 Å². The Morgan fingerprint density at radius 2 is 1.80 bits per heavy atom. The number of hydrogen-bond donors (Lipinski definition) is 1. The van der Waals surface area contributed by atoms with Gasteiger partial charge < -0.3 is 10.1 Å². The number of nitrogens with one attached hydrogen (secondary N) is 1. The Labute approximate surface area is 147 Å². The maximum absolute atomic E-state index is 12.7. The number of benzene rings is 2. The molecule has 1 N–H and O–H groups in total. The molecular formula is C19H21N3O3. The van der Waals surface area contributed by atoms with Gasteiger partial charge in [-0.25, -0.2) is 4.79 Å². The number of anilines is 2. The first-order valence-electron chi connectivity index (χ1n) is 8.13. The highest BCUT2D eigenvalue weighted by molar-refractivity contribution is 5.96. The van der Waals surface area contributed by atoms with Crippen molar-refractivity contribution in [1.82, 2.24) is 4.90 Å². The molecule has 2 amide bonds. The van der Waals surface area contributed by atoms with Gasteiger partial charge in [-0.1, -0.05) is 30.3 Å². The lowest BCUT2D eigenvalue weighted by Crippen LogP contribution is -2.32. The highest BCUT2D eigenvalue weighted by Gasteiger charge is 2.24. The number of carbonyl (C=O) groups excluding carboxylic acids is 2. The van der Waals surface area contributed by atoms with Crippen molar-refractivity contribution in [3.05, 3.63) is 60.2 Å². The fourth-order valence-corrected chi connectivity index (χ4v) is 2.88. The minimum absolute atomic E-state index is 0.107. The summed E-state index contributed by atoms with van der Waals surface area (Å²) < 4.78 is 4.93. The van der Waals surface area contributed by atoms with Gasteiger partial charge in [0.2, 0.25) is 5.91 Å². The van der Waals surface area contributed by atoms with Gasteiger partial charge in [-0.15, -0.1) is 0 Å². The van der Waals surface area contributed by atoms with Crippen molar-refractivity contribution in [3.63, 3.8) is 0 Å². The van der Waals surface area contributed by atoms with Crippen molar-refractivity contribution < 1.29 is 14.3 Å². The molecule has 1 fully saturated rings. The van der Waals surface area contributed by atoms with E-state index < -0.39 is 0 Å². The smallest absolute Gasteiger partial charge is 0.414 e. The minimum atomic E-state index is -0.380. The van der Waals surface area contributed by atoms with Crippen LogP contribution in [0.2, 0.25) is 0 Å². The van der Waals surface area contributed by atoms with Gasteiger partial charge in [0.25, 0.3) is 0 Å². The zero-order valence-electron chi connectivity index (χ0n) is 14.3. The quantitative estimate of drug-likeness (QED) is 0.910. The van der Waals surface area contributed by atoms with Crippen LogP contribution >= 0.6 is 0 Å². The molecule has 3 rings (SSSR count). The van der Waals surface area contributed by atoms with E-state index in [2.05, 4.69) is 5.32 Å². The van der Waals surface area contributed by atoms with Crippen molar-refractivity contribution in [3.8, 4) is 0 Å². The molecule has 130 valence electrons. The van der Waals surface area contributed by atoms with Crippen LogP contribution in [-0.2, 0) is 9.53 Å². The topological polar surface area (TPSA) is 61.9 Å². The third-order valence-corrected chi connectivity index (χ3v) is 4.09. The Morgan fingerprint density at radius 1 is 1.12 bits per heavy atom. The number of ether oxygens (including phenoxy) is 1. The van der Waals surface area contributed by atoms with Crippen molar-refractivity contribution in [2.75, 3.05) is 37.5 Å². The summed E-state index contributed by atoms with van der Waals surface area (Å²) in [6.45, 7) is 0.945. The molecule has 1 saturated heterocycles. The van der Waals surface area contributed by atoms with Crippen LogP contribution in [0.15, 0.2) is 54.6 Å². The Morgan fingerprint density at radius 3 is 2.36 bits per heavy atom. The SMILES string of the molecule is CN(C)C(C(=O)Nc1ccc(N2CCOC2=O)cc1)c1ccccc1. The van der Waals surface area contributed by atoms with Crippen molar-refractivity contribution in [2.24, 2.45) is 0 Å². The molecule has 0 aromatic heterocycles. The summed E-state index contributed by atoms with van der Waals surface area (Å²) in [5.41, 5.74) is 2.37. The summed E-state index contributed by atoms with van der Waals surface area (Å²) in [5, 5.41) is 2.94. The molecule has 0 radical (unpaired) electrons. The Bertz CT molecular complexity index is 744. The molecular weight excluding hydrogens is 318 g/mol. The van der Waals surface area contributed by atoms with E-state index >= 15 is 0 Å². The average Bonchev–Trinajstić information content (AvgIpc) is 3.02. The molecule has 1 aliphatic heterocycles. The number of amides is 2. The maximum Gasteiger partial charge on any atom is 0.414 e. The first kappa shape index (κ1) is 17.0. The highest BCUT2D eigenvalue weighted by atomic mass is 16.6. The Balaban J connectivity index is 1.72. The Kier molecular flexibility index (Phi) is 5.00. The molecule has 2 aromatic carbocycles. The van der Waals surface area contributed by atoms with E-state index in [0.29, 0.717) is 18.8 Å². The van der Waals surface area contributed by atoms with E-state index in [0.717, 1.165) is 11.3 Å². The lowest BCUT2D eigenvalue weighted by molar-refractivity contribution is -0.120. The fourth-order valence-electron chi connectivity index (χ4n) is 2.88. The molecule has 6 heteroatoms. The first-order chi connectivity index (χ1) is 12.1. The van der Waals surface area contributed by atoms with E-state index in [1.165, 1.54) is 0 Å². The van der Waals surface area contributed by atoms with Gasteiger partial charge >= 0.3 is 6.09 Å². The van der Waals surface area contributed by atoms with E-state index in [-0.39, 0.29) is 18.0 Å². The van der Waals surface area contributed by atoms with Crippen LogP contribution in [0.5, 0.6) is 0 Å². The largest absolute Gasteiger partial charge is 0.447 e. The molecule has 25 heavy (non-hydrogen) atoms. The van der Waals surface area contributed by atoms with Crippen LogP contribution in [0.3, 0.4) is 0 Å². The standard InChI is InChI=1S/C19H21N3O3/c1-21(2)17(14-6-4-3-5-7-14)18(23)20-15-8-10-16(11-9-15)22-12-13-25-19(22)24/h3-11,17H,12-13H2,1-2H3,(H,20,23). The summed E-state index contributed by atoms with van der Waals surface area (Å²) >= 11 is 0. The average molecular weight is 339 g/mol. The number of cyclic esters (lactones) is 1. The predicted molar refractivity (Wildman–Crippen MR) is 96.6 cm³/mol. The number of carbonyl (C=O) groups is 2. The first-order valence-corrected chi connectivity index (χ1v) is 8.13. The van der Waals surface area contributed by atoms with Gasteiger partial charge in [-0.3, -0.25) is 14.6 Å². The highest BCUT2D eigenvalue weighted by Crippen LogP contribution is 2.23. The molecule has 0 bridgehead atoms. The molecule has 6 nitrogen and oxygen atoms in total. The molecule has 0 saturated carbocycles. The van der Waals surface area contributed by atoms with E-state index in [9.17, 15) is 9.59 Å². The van der Waals surface area contributed by atoms with Crippen LogP contribution in [0.25, 0.3) is 0 Å². The van der Waals surface area contributed by atoms with E-state index in [1.807, 2.05) is 49.3 Å². The summed E-state index contributed by atoms with van der Waals surface area (Å²) in [6.07, 6.45) is -0.339. The summed E-state index contributed by atoms with van der Waals surface area (Å²) in [5.74, 6) is -0.107. The lowest BCUT2D eigenvalue weighted by atomic mass is 10.1. The maximum atomic E-state index is 12.7. The van der Waals surface area contributed by atoms with Crippen LogP contribution < -0.4 is 10.2 Å². The van der Waals surface area contributed by atoms with E-state index in [4.69, 9.17) is 4.74 Å². The van der Waals surface area contributed by atoms with Crippen LogP contribution in [0.1, 0.15) is 11.6 Å². The minimum Gasteiger partial charge on any atom is -0.447 e. The van der Waals surface area contributed by atoms with Gasteiger partial charge in [0.15, 0.2) is 0 Å². The van der Waals surface area contributed by atoms with Gasteiger partial charge in [-0.2, -0.15) is 0 Å². The second-order valence-corrected chi connectivity index (χ2v) is 6.08. The van der Waals surface area contributed by atoms with Crippen molar-refractivity contribution in [1.29, 1.82) is 0 Å². The molecule has 1 heterocycles. The monoisotopic (exact) mass is 339 g/mol. The summed E-state index contributed by atoms with van der Waals surface area (Å²) in [6, 6.07) is 16.4. The predicted octanol–water partition coefficient (Wildman–Crippen LogP) is 2.88. The Hall–Kier alpha value is -2.86. The van der Waals surface area contributed by atoms with Crippen molar-refractivity contribution in [2.45, 2.75) is 6.04 Å². The summed E-state index contributed by atoms with van der Waals surface area (Å²) in [7, 11) is 3.75. The van der Waals surface area contributed by atoms with Crippen LogP contribution in [-0.4, -0.2) is 44.1 Å². The normalized spacial score (nSPS) is 15.2. The van der Waals surface area contributed by atoms with Gasteiger partial charge in [0, 0.05) is 11.4 Å². The van der Waals surface area contributed by atoms with Gasteiger partial charge in [0.1, 0.15) is 12.6 Å². The lowest BCUT2D eigenvalue weighted by Gasteiger charge is -2.24. The molecule has 0 spiro atoms. The second kappa shape index (κ2) is 7.36. The molecule has 0 aliphatic carbocycles. The number of likely N-dealkylation sites (N-methyl/N-ethyl adjacent to an activating group) is 1. The molecule has 1 unspecified atom stereocenters. The van der Waals surface area contributed by atoms with E-state index in [1.54, 1.807) is 29.2 Å². The van der Waals surface area contributed by atoms with Gasteiger partial charge in [-0.05, 0) is 43.9 Å². The number of nitrogens with zero attached hydrogens (tertiary/aromatic N) is 2. The van der Waals surface area contributed by atoms with Crippen LogP contribution in [0.4, 0.5) is 16.2 Å². The molecule has 1 aliphatic rings.